The highest BCUT2D eigenvalue weighted by atomic mass is 19.1. The van der Waals surface area contributed by atoms with Crippen LogP contribution in [-0.2, 0) is 11.3 Å². The largest absolute Gasteiger partial charge is 0.349 e. The van der Waals surface area contributed by atoms with Gasteiger partial charge >= 0.3 is 0 Å². The van der Waals surface area contributed by atoms with E-state index in [4.69, 9.17) is 0 Å². The van der Waals surface area contributed by atoms with Crippen LogP contribution in [0, 0.1) is 11.7 Å². The molecule has 1 amide bonds. The van der Waals surface area contributed by atoms with Crippen LogP contribution in [0.25, 0.3) is 0 Å². The highest BCUT2D eigenvalue weighted by Crippen LogP contribution is 2.25. The van der Waals surface area contributed by atoms with Gasteiger partial charge in [0.2, 0.25) is 5.91 Å². The second-order valence-corrected chi connectivity index (χ2v) is 7.31. The first-order chi connectivity index (χ1) is 12.5. The first kappa shape index (κ1) is 18.6. The lowest BCUT2D eigenvalue weighted by atomic mass is 9.90. The molecule has 1 aliphatic heterocycles. The maximum absolute atomic E-state index is 13.1. The number of likely N-dealkylation sites (tertiary alicyclic amines) is 1. The van der Waals surface area contributed by atoms with Gasteiger partial charge in [0.05, 0.1) is 6.04 Å². The average Bonchev–Trinajstić information content (AvgIpc) is 2.65. The summed E-state index contributed by atoms with van der Waals surface area (Å²) in [5.41, 5.74) is 2.24. The lowest BCUT2D eigenvalue weighted by Crippen LogP contribution is -2.45. The van der Waals surface area contributed by atoms with Crippen LogP contribution in [-0.4, -0.2) is 23.4 Å². The monoisotopic (exact) mass is 354 g/mol. The summed E-state index contributed by atoms with van der Waals surface area (Å²) >= 11 is 0. The minimum atomic E-state index is -0.204. The molecule has 3 rings (SSSR count). The summed E-state index contributed by atoms with van der Waals surface area (Å²) in [6.45, 7) is 5.89. The molecule has 0 saturated carbocycles. The molecule has 3 nitrogen and oxygen atoms in total. The van der Waals surface area contributed by atoms with Crippen molar-refractivity contribution in [1.82, 2.24) is 10.2 Å². The quantitative estimate of drug-likeness (QED) is 0.868. The average molecular weight is 354 g/mol. The molecule has 0 aromatic heterocycles. The molecule has 138 valence electrons. The van der Waals surface area contributed by atoms with E-state index in [1.54, 1.807) is 0 Å². The Morgan fingerprint density at radius 3 is 2.54 bits per heavy atom. The maximum atomic E-state index is 13.1. The van der Waals surface area contributed by atoms with E-state index in [1.165, 1.54) is 12.1 Å². The number of piperidine rings is 1. The normalized spacial score (nSPS) is 22.0. The van der Waals surface area contributed by atoms with Crippen LogP contribution in [0.4, 0.5) is 4.39 Å². The first-order valence-corrected chi connectivity index (χ1v) is 9.36. The zero-order valence-electron chi connectivity index (χ0n) is 15.5. The molecule has 0 radical (unpaired) electrons. The molecule has 1 N–H and O–H groups in total. The van der Waals surface area contributed by atoms with Crippen molar-refractivity contribution in [3.63, 3.8) is 0 Å². The van der Waals surface area contributed by atoms with Gasteiger partial charge in [0.25, 0.3) is 0 Å². The SMILES string of the molecule is CC(NC(=O)C1CCN(Cc2ccc(F)cc2)C(C)C1)c1ccccc1. The number of halogens is 1. The van der Waals surface area contributed by atoms with Gasteiger partial charge in [-0.15, -0.1) is 0 Å². The predicted octanol–water partition coefficient (Wildman–Crippen LogP) is 4.30. The van der Waals surface area contributed by atoms with Gasteiger partial charge in [-0.1, -0.05) is 42.5 Å². The summed E-state index contributed by atoms with van der Waals surface area (Å²) in [5, 5.41) is 3.16. The molecule has 2 aromatic rings. The third-order valence-electron chi connectivity index (χ3n) is 5.34. The molecule has 4 heteroatoms. The number of amides is 1. The Balaban J connectivity index is 1.52. The van der Waals surface area contributed by atoms with Crippen molar-refractivity contribution in [3.05, 3.63) is 71.5 Å². The third kappa shape index (κ3) is 4.70. The lowest BCUT2D eigenvalue weighted by Gasteiger charge is -2.37. The molecule has 3 unspecified atom stereocenters. The minimum absolute atomic E-state index is 0.0243. The van der Waals surface area contributed by atoms with Crippen LogP contribution in [0.3, 0.4) is 0 Å². The molecular formula is C22H27FN2O. The van der Waals surface area contributed by atoms with Gasteiger partial charge in [0, 0.05) is 18.5 Å². The summed E-state index contributed by atoms with van der Waals surface area (Å²) < 4.78 is 13.1. The maximum Gasteiger partial charge on any atom is 0.223 e. The number of nitrogens with one attached hydrogen (secondary N) is 1. The minimum Gasteiger partial charge on any atom is -0.349 e. The van der Waals surface area contributed by atoms with E-state index in [9.17, 15) is 9.18 Å². The number of benzene rings is 2. The van der Waals surface area contributed by atoms with Crippen LogP contribution in [0.15, 0.2) is 54.6 Å². The zero-order valence-corrected chi connectivity index (χ0v) is 15.5. The molecule has 1 saturated heterocycles. The number of nitrogens with zero attached hydrogens (tertiary/aromatic N) is 1. The Labute approximate surface area is 155 Å². The third-order valence-corrected chi connectivity index (χ3v) is 5.34. The number of hydrogen-bond donors (Lipinski definition) is 1. The van der Waals surface area contributed by atoms with Gasteiger partial charge in [-0.25, -0.2) is 4.39 Å². The van der Waals surface area contributed by atoms with E-state index < -0.39 is 0 Å². The lowest BCUT2D eigenvalue weighted by molar-refractivity contribution is -0.127. The summed E-state index contributed by atoms with van der Waals surface area (Å²) in [4.78, 5) is 15.0. The highest BCUT2D eigenvalue weighted by molar-refractivity contribution is 5.79. The van der Waals surface area contributed by atoms with Crippen LogP contribution in [0.5, 0.6) is 0 Å². The second-order valence-electron chi connectivity index (χ2n) is 7.31. The van der Waals surface area contributed by atoms with Crippen molar-refractivity contribution in [2.75, 3.05) is 6.54 Å². The summed E-state index contributed by atoms with van der Waals surface area (Å²) in [5.74, 6) is -0.0000195. The van der Waals surface area contributed by atoms with Crippen molar-refractivity contribution >= 4 is 5.91 Å². The Hall–Kier alpha value is -2.20. The Morgan fingerprint density at radius 1 is 1.19 bits per heavy atom. The van der Waals surface area contributed by atoms with Gasteiger partial charge in [-0.05, 0) is 56.5 Å². The fourth-order valence-electron chi connectivity index (χ4n) is 3.67. The molecule has 26 heavy (non-hydrogen) atoms. The molecule has 1 heterocycles. The number of carbonyl (C=O) groups is 1. The summed E-state index contributed by atoms with van der Waals surface area (Å²) in [6.07, 6.45) is 1.72. The standard InChI is InChI=1S/C22H27FN2O/c1-16-14-20(22(26)24-17(2)19-6-4-3-5-7-19)12-13-25(16)15-18-8-10-21(23)11-9-18/h3-11,16-17,20H,12-15H2,1-2H3,(H,24,26). The molecule has 2 aromatic carbocycles. The van der Waals surface area contributed by atoms with Gasteiger partial charge in [-0.2, -0.15) is 0 Å². The molecule has 3 atom stereocenters. The highest BCUT2D eigenvalue weighted by Gasteiger charge is 2.30. The topological polar surface area (TPSA) is 32.3 Å². The van der Waals surface area contributed by atoms with Crippen molar-refractivity contribution < 1.29 is 9.18 Å². The van der Waals surface area contributed by atoms with Crippen LogP contribution in [0.2, 0.25) is 0 Å². The Kier molecular flexibility index (Phi) is 6.04. The fraction of sp³-hybridized carbons (Fsp3) is 0.409. The predicted molar refractivity (Wildman–Crippen MR) is 102 cm³/mol. The molecule has 0 aliphatic carbocycles. The fourth-order valence-corrected chi connectivity index (χ4v) is 3.67. The van der Waals surface area contributed by atoms with Crippen LogP contribution >= 0.6 is 0 Å². The van der Waals surface area contributed by atoms with Gasteiger partial charge in [0.1, 0.15) is 5.82 Å². The smallest absolute Gasteiger partial charge is 0.223 e. The van der Waals surface area contributed by atoms with Gasteiger partial charge < -0.3 is 5.32 Å². The van der Waals surface area contributed by atoms with E-state index in [1.807, 2.05) is 49.4 Å². The van der Waals surface area contributed by atoms with Crippen molar-refractivity contribution in [2.24, 2.45) is 5.92 Å². The van der Waals surface area contributed by atoms with E-state index in [0.29, 0.717) is 6.04 Å². The number of carbonyl (C=O) groups excluding carboxylic acids is 1. The number of hydrogen-bond acceptors (Lipinski definition) is 2. The van der Waals surface area contributed by atoms with E-state index >= 15 is 0 Å². The van der Waals surface area contributed by atoms with Crippen LogP contribution in [0.1, 0.15) is 43.9 Å². The first-order valence-electron chi connectivity index (χ1n) is 9.36. The molecule has 1 aliphatic rings. The van der Waals surface area contributed by atoms with Crippen LogP contribution < -0.4 is 5.32 Å². The molecule has 0 spiro atoms. The van der Waals surface area contributed by atoms with Crippen molar-refractivity contribution in [1.29, 1.82) is 0 Å². The van der Waals surface area contributed by atoms with Crippen molar-refractivity contribution in [3.8, 4) is 0 Å². The Morgan fingerprint density at radius 2 is 1.88 bits per heavy atom. The van der Waals surface area contributed by atoms with E-state index in [0.717, 1.165) is 37.1 Å². The molecule has 0 bridgehead atoms. The van der Waals surface area contributed by atoms with E-state index in [2.05, 4.69) is 17.1 Å². The van der Waals surface area contributed by atoms with E-state index in [-0.39, 0.29) is 23.7 Å². The van der Waals surface area contributed by atoms with Gasteiger partial charge in [0.15, 0.2) is 0 Å². The summed E-state index contributed by atoms with van der Waals surface area (Å²) in [7, 11) is 0. The molecular weight excluding hydrogens is 327 g/mol. The van der Waals surface area contributed by atoms with Crippen molar-refractivity contribution in [2.45, 2.75) is 45.3 Å². The summed E-state index contributed by atoms with van der Waals surface area (Å²) in [6, 6.07) is 17.1. The van der Waals surface area contributed by atoms with Gasteiger partial charge in [-0.3, -0.25) is 9.69 Å². The second kappa shape index (κ2) is 8.45. The zero-order chi connectivity index (χ0) is 18.5. The molecule has 1 fully saturated rings. The number of rotatable bonds is 5. The Bertz CT molecular complexity index is 717.